The van der Waals surface area contributed by atoms with Crippen molar-refractivity contribution in [3.05, 3.63) is 35.5 Å². The second kappa shape index (κ2) is 7.05. The molecule has 1 N–H and O–H groups in total. The summed E-state index contributed by atoms with van der Waals surface area (Å²) >= 11 is 0. The molecule has 0 spiro atoms. The van der Waals surface area contributed by atoms with Crippen LogP contribution < -0.4 is 10.1 Å². The molecule has 0 aliphatic carbocycles. The van der Waals surface area contributed by atoms with E-state index in [9.17, 15) is 4.79 Å². The van der Waals surface area contributed by atoms with Crippen molar-refractivity contribution in [2.75, 3.05) is 13.2 Å². The smallest absolute Gasteiger partial charge is 0.272 e. The van der Waals surface area contributed by atoms with Crippen LogP contribution in [0.3, 0.4) is 0 Å². The van der Waals surface area contributed by atoms with Gasteiger partial charge < -0.3 is 14.8 Å². The van der Waals surface area contributed by atoms with Crippen LogP contribution in [-0.4, -0.2) is 34.9 Å². The lowest BCUT2D eigenvalue weighted by Gasteiger charge is -2.18. The number of amides is 1. The summed E-state index contributed by atoms with van der Waals surface area (Å²) in [4.78, 5) is 12.5. The SMILES string of the molecule is CC(C)OCCCNC(=O)c1nn(C)c2c1COc1ccccc1-2. The molecular weight excluding hydrogens is 306 g/mol. The van der Waals surface area contributed by atoms with Gasteiger partial charge in [-0.25, -0.2) is 0 Å². The summed E-state index contributed by atoms with van der Waals surface area (Å²) in [5.41, 5.74) is 3.20. The van der Waals surface area contributed by atoms with E-state index in [1.165, 1.54) is 0 Å². The van der Waals surface area contributed by atoms with E-state index in [1.807, 2.05) is 45.2 Å². The number of benzene rings is 1. The number of aryl methyl sites for hydroxylation is 1. The van der Waals surface area contributed by atoms with Gasteiger partial charge in [-0.2, -0.15) is 5.10 Å². The van der Waals surface area contributed by atoms with Gasteiger partial charge in [0.25, 0.3) is 5.91 Å². The van der Waals surface area contributed by atoms with Gasteiger partial charge in [-0.1, -0.05) is 12.1 Å². The summed E-state index contributed by atoms with van der Waals surface area (Å²) in [6.07, 6.45) is 0.985. The second-order valence-electron chi connectivity index (χ2n) is 6.11. The Morgan fingerprint density at radius 1 is 1.42 bits per heavy atom. The van der Waals surface area contributed by atoms with Crippen LogP contribution in [0.25, 0.3) is 11.3 Å². The van der Waals surface area contributed by atoms with Crippen molar-refractivity contribution in [1.82, 2.24) is 15.1 Å². The third-order valence-electron chi connectivity index (χ3n) is 3.93. The van der Waals surface area contributed by atoms with Crippen molar-refractivity contribution >= 4 is 5.91 Å². The first-order valence-electron chi connectivity index (χ1n) is 8.25. The molecule has 2 heterocycles. The van der Waals surface area contributed by atoms with Crippen LogP contribution in [-0.2, 0) is 18.4 Å². The van der Waals surface area contributed by atoms with Gasteiger partial charge >= 0.3 is 0 Å². The lowest BCUT2D eigenvalue weighted by molar-refractivity contribution is 0.0756. The minimum absolute atomic E-state index is 0.167. The topological polar surface area (TPSA) is 65.4 Å². The fraction of sp³-hybridized carbons (Fsp3) is 0.444. The van der Waals surface area contributed by atoms with Crippen molar-refractivity contribution in [3.63, 3.8) is 0 Å². The van der Waals surface area contributed by atoms with E-state index in [0.717, 1.165) is 29.0 Å². The second-order valence-corrected chi connectivity index (χ2v) is 6.11. The van der Waals surface area contributed by atoms with Gasteiger partial charge in [0, 0.05) is 31.3 Å². The van der Waals surface area contributed by atoms with E-state index in [1.54, 1.807) is 4.68 Å². The predicted molar refractivity (Wildman–Crippen MR) is 91.0 cm³/mol. The summed E-state index contributed by atoms with van der Waals surface area (Å²) in [7, 11) is 1.86. The first-order valence-corrected chi connectivity index (χ1v) is 8.25. The maximum atomic E-state index is 12.5. The lowest BCUT2D eigenvalue weighted by atomic mass is 10.0. The molecule has 1 aliphatic rings. The van der Waals surface area contributed by atoms with Crippen LogP contribution in [0.2, 0.25) is 0 Å². The highest BCUT2D eigenvalue weighted by Crippen LogP contribution is 2.38. The maximum Gasteiger partial charge on any atom is 0.272 e. The fourth-order valence-electron chi connectivity index (χ4n) is 2.84. The Morgan fingerprint density at radius 3 is 3.00 bits per heavy atom. The molecule has 0 unspecified atom stereocenters. The zero-order valence-electron chi connectivity index (χ0n) is 14.3. The highest BCUT2D eigenvalue weighted by molar-refractivity contribution is 5.96. The first kappa shape index (κ1) is 16.5. The van der Waals surface area contributed by atoms with Gasteiger partial charge in [-0.05, 0) is 32.4 Å². The average molecular weight is 329 g/mol. The van der Waals surface area contributed by atoms with Crippen molar-refractivity contribution < 1.29 is 14.3 Å². The molecule has 0 radical (unpaired) electrons. The quantitative estimate of drug-likeness (QED) is 0.827. The zero-order chi connectivity index (χ0) is 17.1. The molecule has 0 atom stereocenters. The van der Waals surface area contributed by atoms with Crippen LogP contribution in [0.5, 0.6) is 5.75 Å². The normalized spacial score (nSPS) is 12.5. The van der Waals surface area contributed by atoms with Gasteiger partial charge in [0.2, 0.25) is 0 Å². The van der Waals surface area contributed by atoms with E-state index >= 15 is 0 Å². The van der Waals surface area contributed by atoms with Crippen molar-refractivity contribution in [2.24, 2.45) is 7.05 Å². The molecule has 128 valence electrons. The molecule has 1 aliphatic heterocycles. The Hall–Kier alpha value is -2.34. The summed E-state index contributed by atoms with van der Waals surface area (Å²) in [5.74, 6) is 0.658. The Labute approximate surface area is 141 Å². The molecule has 1 aromatic heterocycles. The van der Waals surface area contributed by atoms with Gasteiger partial charge in [-0.15, -0.1) is 0 Å². The monoisotopic (exact) mass is 329 g/mol. The van der Waals surface area contributed by atoms with Gasteiger partial charge in [0.05, 0.1) is 11.8 Å². The van der Waals surface area contributed by atoms with Crippen LogP contribution in [0.4, 0.5) is 0 Å². The van der Waals surface area contributed by atoms with Crippen LogP contribution >= 0.6 is 0 Å². The first-order chi connectivity index (χ1) is 11.6. The van der Waals surface area contributed by atoms with Crippen LogP contribution in [0, 0.1) is 0 Å². The molecule has 24 heavy (non-hydrogen) atoms. The number of para-hydroxylation sites is 1. The highest BCUT2D eigenvalue weighted by Gasteiger charge is 2.27. The van der Waals surface area contributed by atoms with Gasteiger partial charge in [0.15, 0.2) is 5.69 Å². The van der Waals surface area contributed by atoms with E-state index in [2.05, 4.69) is 10.4 Å². The molecule has 0 saturated carbocycles. The standard InChI is InChI=1S/C18H23N3O3/c1-12(2)23-10-6-9-19-18(22)16-14-11-24-15-8-5-4-7-13(15)17(14)21(3)20-16/h4-5,7-8,12H,6,9-11H2,1-3H3,(H,19,22). The molecule has 0 saturated heterocycles. The van der Waals surface area contributed by atoms with E-state index in [4.69, 9.17) is 9.47 Å². The number of nitrogens with one attached hydrogen (secondary N) is 1. The molecular formula is C18H23N3O3. The van der Waals surface area contributed by atoms with Gasteiger partial charge in [0.1, 0.15) is 12.4 Å². The largest absolute Gasteiger partial charge is 0.488 e. The third-order valence-corrected chi connectivity index (χ3v) is 3.93. The number of fused-ring (bicyclic) bond motifs is 3. The van der Waals surface area contributed by atoms with Gasteiger partial charge in [-0.3, -0.25) is 9.48 Å². The van der Waals surface area contributed by atoms with E-state index < -0.39 is 0 Å². The average Bonchev–Trinajstić information content (AvgIpc) is 2.91. The number of rotatable bonds is 6. The zero-order valence-corrected chi connectivity index (χ0v) is 14.3. The summed E-state index contributed by atoms with van der Waals surface area (Å²) in [6.45, 7) is 5.55. The number of hydrogen-bond acceptors (Lipinski definition) is 4. The Morgan fingerprint density at radius 2 is 2.21 bits per heavy atom. The number of hydrogen-bond donors (Lipinski definition) is 1. The molecule has 2 aromatic rings. The molecule has 0 fully saturated rings. The molecule has 6 heteroatoms. The van der Waals surface area contributed by atoms with Crippen molar-refractivity contribution in [3.8, 4) is 17.0 Å². The summed E-state index contributed by atoms with van der Waals surface area (Å²) < 4.78 is 13.0. The Balaban J connectivity index is 1.71. The third kappa shape index (κ3) is 3.28. The predicted octanol–water partition coefficient (Wildman–Crippen LogP) is 2.52. The minimum Gasteiger partial charge on any atom is -0.488 e. The van der Waals surface area contributed by atoms with Crippen LogP contribution in [0.1, 0.15) is 36.3 Å². The van der Waals surface area contributed by atoms with Crippen LogP contribution in [0.15, 0.2) is 24.3 Å². The molecule has 1 aromatic carbocycles. The fourth-order valence-corrected chi connectivity index (χ4v) is 2.84. The minimum atomic E-state index is -0.167. The number of aromatic nitrogens is 2. The maximum absolute atomic E-state index is 12.5. The lowest BCUT2D eigenvalue weighted by Crippen LogP contribution is -2.27. The summed E-state index contributed by atoms with van der Waals surface area (Å²) in [5, 5.41) is 7.32. The van der Waals surface area contributed by atoms with Crippen molar-refractivity contribution in [2.45, 2.75) is 33.0 Å². The number of carbonyl (C=O) groups excluding carboxylic acids is 1. The molecule has 6 nitrogen and oxygen atoms in total. The number of carbonyl (C=O) groups is 1. The van der Waals surface area contributed by atoms with Crippen molar-refractivity contribution in [1.29, 1.82) is 0 Å². The van der Waals surface area contributed by atoms with E-state index in [-0.39, 0.29) is 12.0 Å². The molecule has 0 bridgehead atoms. The number of ether oxygens (including phenoxy) is 2. The van der Waals surface area contributed by atoms with E-state index in [0.29, 0.717) is 25.5 Å². The summed E-state index contributed by atoms with van der Waals surface area (Å²) in [6, 6.07) is 7.81. The Kier molecular flexibility index (Phi) is 4.85. The molecule has 1 amide bonds. The number of nitrogens with zero attached hydrogens (tertiary/aromatic N) is 2. The molecule has 3 rings (SSSR count). The highest BCUT2D eigenvalue weighted by atomic mass is 16.5. The Bertz CT molecular complexity index is 737.